The monoisotopic (exact) mass is 514 g/mol. The number of tetrazole rings is 1. The number of aromatic nitrogens is 4. The number of hydrogen-bond acceptors (Lipinski definition) is 9. The molecule has 1 aromatic carbocycles. The van der Waals surface area contributed by atoms with Crippen molar-refractivity contribution in [2.24, 2.45) is 12.5 Å². The summed E-state index contributed by atoms with van der Waals surface area (Å²) in [5, 5.41) is 24.7. The molecular formula is C18H19ClN6O4S3. The van der Waals surface area contributed by atoms with Gasteiger partial charge in [-0.05, 0) is 28.6 Å². The van der Waals surface area contributed by atoms with Crippen LogP contribution < -0.4 is 5.32 Å². The molecule has 0 bridgehead atoms. The number of aliphatic carboxylic acids is 1. The van der Waals surface area contributed by atoms with Gasteiger partial charge in [0.1, 0.15) is 16.8 Å². The molecule has 3 heterocycles. The molecule has 2 unspecified atom stereocenters. The SMILES string of the molecule is Cn1nnnc1SCC1(C(=O)O)CS[C@@H]2C(NC(=O)CSc3cccc(Cl)c3)C(=O)N2C1. The summed E-state index contributed by atoms with van der Waals surface area (Å²) in [6.07, 6.45) is 0. The smallest absolute Gasteiger partial charge is 0.313 e. The summed E-state index contributed by atoms with van der Waals surface area (Å²) in [6, 6.07) is 6.55. The lowest BCUT2D eigenvalue weighted by molar-refractivity contribution is -0.157. The third-order valence-electron chi connectivity index (χ3n) is 5.14. The van der Waals surface area contributed by atoms with Crippen molar-refractivity contribution in [3.05, 3.63) is 29.3 Å². The molecule has 1 aromatic heterocycles. The van der Waals surface area contributed by atoms with Crippen molar-refractivity contribution in [3.63, 3.8) is 0 Å². The molecule has 3 atom stereocenters. The van der Waals surface area contributed by atoms with Gasteiger partial charge in [-0.15, -0.1) is 28.6 Å². The van der Waals surface area contributed by atoms with Crippen LogP contribution in [0.2, 0.25) is 5.02 Å². The van der Waals surface area contributed by atoms with Gasteiger partial charge in [0.05, 0.1) is 5.75 Å². The van der Waals surface area contributed by atoms with Gasteiger partial charge in [0.25, 0.3) is 0 Å². The Labute approximate surface area is 201 Å². The zero-order valence-electron chi connectivity index (χ0n) is 16.8. The van der Waals surface area contributed by atoms with Gasteiger partial charge in [0, 0.05) is 35.0 Å². The number of β-lactam (4-membered cyclic amide) rings is 1. The van der Waals surface area contributed by atoms with Crippen LogP contribution in [0.25, 0.3) is 0 Å². The Kier molecular flexibility index (Phi) is 6.89. The number of amides is 2. The lowest BCUT2D eigenvalue weighted by Crippen LogP contribution is -2.74. The fraction of sp³-hybridized carbons (Fsp3) is 0.444. The molecule has 2 aliphatic rings. The first-order valence-corrected chi connectivity index (χ1v) is 12.9. The molecule has 4 rings (SSSR count). The van der Waals surface area contributed by atoms with Crippen molar-refractivity contribution in [2.75, 3.05) is 23.8 Å². The van der Waals surface area contributed by atoms with E-state index in [4.69, 9.17) is 11.6 Å². The average Bonchev–Trinajstić information content (AvgIpc) is 3.19. The number of rotatable bonds is 8. The van der Waals surface area contributed by atoms with E-state index in [1.165, 1.54) is 44.9 Å². The van der Waals surface area contributed by atoms with Crippen LogP contribution in [0.5, 0.6) is 0 Å². The Hall–Kier alpha value is -1.96. The number of hydrogen-bond donors (Lipinski definition) is 2. The fourth-order valence-electron chi connectivity index (χ4n) is 3.37. The van der Waals surface area contributed by atoms with Crippen LogP contribution in [-0.4, -0.2) is 83.2 Å². The standard InChI is InChI=1S/C18H19ClN6O4S3/c1-24-17(21-22-23-24)32-9-18(16(28)29)7-25-14(27)13(15(25)31-8-18)20-12(26)6-30-11-4-2-3-10(19)5-11/h2-5,13,15H,6-9H2,1H3,(H,20,26)(H,28,29)/t13?,15-,18?/m1/s1. The van der Waals surface area contributed by atoms with Gasteiger partial charge in [0.15, 0.2) is 0 Å². The second kappa shape index (κ2) is 9.49. The molecule has 2 N–H and O–H groups in total. The molecule has 32 heavy (non-hydrogen) atoms. The summed E-state index contributed by atoms with van der Waals surface area (Å²) < 4.78 is 1.47. The lowest BCUT2D eigenvalue weighted by Gasteiger charge is -2.53. The molecule has 0 saturated carbocycles. The molecule has 0 spiro atoms. The number of carboxylic acid groups (broad SMARTS) is 1. The Balaban J connectivity index is 1.33. The Bertz CT molecular complexity index is 1060. The minimum atomic E-state index is -1.12. The van der Waals surface area contributed by atoms with Crippen molar-refractivity contribution in [3.8, 4) is 0 Å². The second-order valence-electron chi connectivity index (χ2n) is 7.42. The number of fused-ring (bicyclic) bond motifs is 1. The fourth-order valence-corrected chi connectivity index (χ4v) is 7.11. The molecule has 2 amide bonds. The van der Waals surface area contributed by atoms with Crippen molar-refractivity contribution in [1.82, 2.24) is 30.4 Å². The summed E-state index contributed by atoms with van der Waals surface area (Å²) in [7, 11) is 1.68. The van der Waals surface area contributed by atoms with E-state index >= 15 is 0 Å². The van der Waals surface area contributed by atoms with Crippen LogP contribution in [0.3, 0.4) is 0 Å². The molecule has 0 aliphatic carbocycles. The number of thioether (sulfide) groups is 3. The number of carboxylic acids is 1. The third kappa shape index (κ3) is 4.70. The van der Waals surface area contributed by atoms with Gasteiger partial charge in [-0.25, -0.2) is 4.68 Å². The van der Waals surface area contributed by atoms with Crippen LogP contribution in [0.1, 0.15) is 0 Å². The first-order chi connectivity index (χ1) is 15.3. The Morgan fingerprint density at radius 1 is 1.41 bits per heavy atom. The van der Waals surface area contributed by atoms with Crippen molar-refractivity contribution in [2.45, 2.75) is 21.5 Å². The number of nitrogens with one attached hydrogen (secondary N) is 1. The van der Waals surface area contributed by atoms with Gasteiger partial charge < -0.3 is 15.3 Å². The summed E-state index contributed by atoms with van der Waals surface area (Å²) in [5.74, 6) is -0.785. The van der Waals surface area contributed by atoms with Crippen molar-refractivity contribution >= 4 is 64.7 Å². The van der Waals surface area contributed by atoms with Crippen LogP contribution >= 0.6 is 46.9 Å². The zero-order valence-corrected chi connectivity index (χ0v) is 20.0. The summed E-state index contributed by atoms with van der Waals surface area (Å²) in [6.45, 7) is 0.0841. The van der Waals surface area contributed by atoms with E-state index in [0.717, 1.165) is 4.90 Å². The topological polar surface area (TPSA) is 130 Å². The number of nitrogens with zero attached hydrogens (tertiary/aromatic N) is 5. The predicted molar refractivity (Wildman–Crippen MR) is 122 cm³/mol. The maximum Gasteiger partial charge on any atom is 0.313 e. The van der Waals surface area contributed by atoms with Crippen molar-refractivity contribution < 1.29 is 19.5 Å². The van der Waals surface area contributed by atoms with E-state index in [1.54, 1.807) is 19.2 Å². The molecule has 2 saturated heterocycles. The highest BCUT2D eigenvalue weighted by Gasteiger charge is 2.57. The summed E-state index contributed by atoms with van der Waals surface area (Å²) in [4.78, 5) is 39.5. The number of carbonyl (C=O) groups excluding carboxylic acids is 2. The molecule has 14 heteroatoms. The first kappa shape index (κ1) is 23.2. The number of benzene rings is 1. The third-order valence-corrected chi connectivity index (χ3v) is 9.26. The van der Waals surface area contributed by atoms with Gasteiger partial charge >= 0.3 is 5.97 Å². The molecule has 2 aliphatic heterocycles. The van der Waals surface area contributed by atoms with E-state index in [2.05, 4.69) is 20.8 Å². The average molecular weight is 515 g/mol. The normalized spacial score (nSPS) is 24.6. The van der Waals surface area contributed by atoms with Crippen molar-refractivity contribution in [1.29, 1.82) is 0 Å². The van der Waals surface area contributed by atoms with Gasteiger partial charge in [-0.1, -0.05) is 29.4 Å². The zero-order chi connectivity index (χ0) is 22.9. The number of carbonyl (C=O) groups is 3. The Morgan fingerprint density at radius 2 is 2.22 bits per heavy atom. The van der Waals surface area contributed by atoms with Gasteiger partial charge in [0.2, 0.25) is 17.0 Å². The highest BCUT2D eigenvalue weighted by molar-refractivity contribution is 8.00. The van der Waals surface area contributed by atoms with Crippen LogP contribution in [0.15, 0.2) is 34.3 Å². The summed E-state index contributed by atoms with van der Waals surface area (Å²) >= 11 is 9.91. The summed E-state index contributed by atoms with van der Waals surface area (Å²) in [5.41, 5.74) is -1.12. The van der Waals surface area contributed by atoms with Crippen LogP contribution in [0, 0.1) is 5.41 Å². The van der Waals surface area contributed by atoms with Gasteiger partial charge in [-0.3, -0.25) is 14.4 Å². The maximum atomic E-state index is 12.7. The highest BCUT2D eigenvalue weighted by atomic mass is 35.5. The largest absolute Gasteiger partial charge is 0.481 e. The molecule has 170 valence electrons. The lowest BCUT2D eigenvalue weighted by atomic mass is 9.89. The van der Waals surface area contributed by atoms with Crippen LogP contribution in [0.4, 0.5) is 0 Å². The van der Waals surface area contributed by atoms with E-state index in [0.29, 0.717) is 15.9 Å². The van der Waals surface area contributed by atoms with E-state index in [1.807, 2.05) is 12.1 Å². The molecular weight excluding hydrogens is 496 g/mol. The minimum Gasteiger partial charge on any atom is -0.481 e. The predicted octanol–water partition coefficient (Wildman–Crippen LogP) is 1.22. The maximum absolute atomic E-state index is 12.7. The van der Waals surface area contributed by atoms with E-state index in [-0.39, 0.29) is 35.2 Å². The second-order valence-corrected chi connectivity index (χ2v) is 11.0. The molecule has 2 aromatic rings. The number of halogens is 1. The molecule has 10 nitrogen and oxygen atoms in total. The van der Waals surface area contributed by atoms with E-state index in [9.17, 15) is 19.5 Å². The molecule has 0 radical (unpaired) electrons. The quantitative estimate of drug-likeness (QED) is 0.391. The first-order valence-electron chi connectivity index (χ1n) is 9.47. The molecule has 2 fully saturated rings. The van der Waals surface area contributed by atoms with Gasteiger partial charge in [-0.2, -0.15) is 0 Å². The van der Waals surface area contributed by atoms with Crippen LogP contribution in [-0.2, 0) is 21.4 Å². The minimum absolute atomic E-state index is 0.0841. The Morgan fingerprint density at radius 3 is 2.91 bits per heavy atom. The number of aryl methyl sites for hydroxylation is 1. The highest BCUT2D eigenvalue weighted by Crippen LogP contribution is 2.44. The van der Waals surface area contributed by atoms with E-state index < -0.39 is 17.4 Å².